The first-order chi connectivity index (χ1) is 24.6. The lowest BCUT2D eigenvalue weighted by Crippen LogP contribution is -2.46. The van der Waals surface area contributed by atoms with Crippen LogP contribution >= 0.6 is 0 Å². The third-order valence-electron chi connectivity index (χ3n) is 9.93. The zero-order valence-electron chi connectivity index (χ0n) is 29.2. The number of likely N-dealkylation sites (tertiary alicyclic amines) is 1. The highest BCUT2D eigenvalue weighted by Crippen LogP contribution is 2.30. The highest BCUT2D eigenvalue weighted by Gasteiger charge is 2.27. The van der Waals surface area contributed by atoms with Crippen LogP contribution in [0.15, 0.2) is 54.7 Å². The van der Waals surface area contributed by atoms with Crippen LogP contribution in [-0.4, -0.2) is 85.3 Å². The molecule has 0 aliphatic carbocycles. The number of aryl methyl sites for hydroxylation is 3. The van der Waals surface area contributed by atoms with Gasteiger partial charge < -0.3 is 19.1 Å². The van der Waals surface area contributed by atoms with Crippen LogP contribution in [0.2, 0.25) is 0 Å². The fourth-order valence-corrected chi connectivity index (χ4v) is 7.12. The maximum absolute atomic E-state index is 13.8. The van der Waals surface area contributed by atoms with Crippen LogP contribution in [0.25, 0.3) is 22.3 Å². The van der Waals surface area contributed by atoms with Crippen LogP contribution in [0, 0.1) is 18.6 Å². The summed E-state index contributed by atoms with van der Waals surface area (Å²) in [7, 11) is 3.67. The molecule has 266 valence electrons. The Kier molecular flexibility index (Phi) is 9.81. The molecule has 5 aromatic rings. The summed E-state index contributed by atoms with van der Waals surface area (Å²) in [6.07, 6.45) is 6.39. The summed E-state index contributed by atoms with van der Waals surface area (Å²) in [5.74, 6) is -0.478. The lowest BCUT2D eigenvalue weighted by molar-refractivity contribution is 0.0643. The van der Waals surface area contributed by atoms with Crippen molar-refractivity contribution in [1.82, 2.24) is 34.1 Å². The van der Waals surface area contributed by atoms with Crippen molar-refractivity contribution in [3.63, 3.8) is 0 Å². The quantitative estimate of drug-likeness (QED) is 0.240. The van der Waals surface area contributed by atoms with E-state index in [9.17, 15) is 18.4 Å². The fraction of sp³-hybridized carbons (Fsp3) is 0.395. The van der Waals surface area contributed by atoms with Crippen molar-refractivity contribution in [2.45, 2.75) is 58.0 Å². The highest BCUT2D eigenvalue weighted by atomic mass is 19.1. The molecule has 2 aliphatic heterocycles. The minimum atomic E-state index is -0.560. The van der Waals surface area contributed by atoms with Gasteiger partial charge in [-0.15, -0.1) is 0 Å². The van der Waals surface area contributed by atoms with Crippen molar-refractivity contribution in [1.29, 1.82) is 0 Å². The van der Waals surface area contributed by atoms with Crippen LogP contribution in [-0.2, 0) is 20.0 Å². The average Bonchev–Trinajstić information content (AvgIpc) is 3.65. The number of hydrogen-bond acceptors (Lipinski definition) is 7. The second-order valence-electron chi connectivity index (χ2n) is 13.5. The number of nitrogens with one attached hydrogen (secondary N) is 1. The smallest absolute Gasteiger partial charge is 0.258 e. The Hall–Kier alpha value is -5.17. The van der Waals surface area contributed by atoms with E-state index >= 15 is 0 Å². The van der Waals surface area contributed by atoms with Crippen molar-refractivity contribution in [3.8, 4) is 17.1 Å². The lowest BCUT2D eigenvalue weighted by Gasteiger charge is -2.36. The molecule has 2 aromatic carbocycles. The lowest BCUT2D eigenvalue weighted by atomic mass is 10.0. The van der Waals surface area contributed by atoms with E-state index in [1.165, 1.54) is 12.1 Å². The molecule has 1 fully saturated rings. The van der Waals surface area contributed by atoms with Crippen LogP contribution in [0.3, 0.4) is 0 Å². The third kappa shape index (κ3) is 7.48. The molecule has 0 unspecified atom stereocenters. The molecule has 2 amide bonds. The van der Waals surface area contributed by atoms with Gasteiger partial charge in [0, 0.05) is 69.2 Å². The second-order valence-corrected chi connectivity index (χ2v) is 13.5. The number of imidazole rings is 1. The van der Waals surface area contributed by atoms with Crippen molar-refractivity contribution < 1.29 is 23.1 Å². The SMILES string of the molecule is Cc1cc2cc(n1)-c1cnn(C)c1OCCCCCn1c(nc3ccc(C(=O)N(C)C4CCN(CCc5cc(F)cc(F)c5)CC4)cc31)NC2=O. The predicted molar refractivity (Wildman–Crippen MR) is 190 cm³/mol. The van der Waals surface area contributed by atoms with Gasteiger partial charge in [-0.1, -0.05) is 0 Å². The van der Waals surface area contributed by atoms with Crippen molar-refractivity contribution in [2.75, 3.05) is 38.6 Å². The van der Waals surface area contributed by atoms with Gasteiger partial charge >= 0.3 is 0 Å². The number of halogens is 2. The van der Waals surface area contributed by atoms with Gasteiger partial charge in [-0.2, -0.15) is 5.10 Å². The molecule has 51 heavy (non-hydrogen) atoms. The topological polar surface area (TPSA) is 110 Å². The van der Waals surface area contributed by atoms with E-state index in [4.69, 9.17) is 9.72 Å². The van der Waals surface area contributed by atoms with Crippen LogP contribution in [0.5, 0.6) is 5.88 Å². The third-order valence-corrected chi connectivity index (χ3v) is 9.93. The number of carbonyl (C=O) groups excluding carboxylic acids is 2. The molecular formula is C38H42F2N8O3. The van der Waals surface area contributed by atoms with E-state index in [-0.39, 0.29) is 17.9 Å². The average molecular weight is 697 g/mol. The largest absolute Gasteiger partial charge is 0.477 e. The first kappa shape index (κ1) is 34.3. The van der Waals surface area contributed by atoms with Gasteiger partial charge in [0.15, 0.2) is 0 Å². The molecule has 1 saturated heterocycles. The summed E-state index contributed by atoms with van der Waals surface area (Å²) in [5, 5.41) is 7.40. The van der Waals surface area contributed by atoms with E-state index in [1.807, 2.05) is 42.6 Å². The minimum Gasteiger partial charge on any atom is -0.477 e. The molecular weight excluding hydrogens is 654 g/mol. The van der Waals surface area contributed by atoms with Gasteiger partial charge in [0.25, 0.3) is 11.8 Å². The number of rotatable bonds is 5. The summed E-state index contributed by atoms with van der Waals surface area (Å²) in [4.78, 5) is 41.1. The monoisotopic (exact) mass is 696 g/mol. The summed E-state index contributed by atoms with van der Waals surface area (Å²) in [6, 6.07) is 12.7. The van der Waals surface area contributed by atoms with Crippen LogP contribution in [0.1, 0.15) is 64.1 Å². The molecule has 1 N–H and O–H groups in total. The Morgan fingerprint density at radius 3 is 2.57 bits per heavy atom. The van der Waals surface area contributed by atoms with E-state index in [0.717, 1.165) is 62.3 Å². The van der Waals surface area contributed by atoms with Gasteiger partial charge in [-0.25, -0.2) is 18.4 Å². The summed E-state index contributed by atoms with van der Waals surface area (Å²) in [5.41, 5.74) is 5.11. The first-order valence-electron chi connectivity index (χ1n) is 17.5. The van der Waals surface area contributed by atoms with E-state index in [1.54, 1.807) is 29.1 Å². The number of anilines is 1. The molecule has 5 heterocycles. The molecule has 2 aliphatic rings. The normalized spacial score (nSPS) is 16.1. The van der Waals surface area contributed by atoms with E-state index in [2.05, 4.69) is 20.3 Å². The predicted octanol–water partition coefficient (Wildman–Crippen LogP) is 6.01. The number of piperidine rings is 1. The Balaban J connectivity index is 1.07. The number of ether oxygens (including phenoxy) is 1. The van der Waals surface area contributed by atoms with Gasteiger partial charge in [-0.3, -0.25) is 19.9 Å². The fourth-order valence-electron chi connectivity index (χ4n) is 7.12. The van der Waals surface area contributed by atoms with Crippen LogP contribution < -0.4 is 10.1 Å². The minimum absolute atomic E-state index is 0.0660. The Labute approximate surface area is 295 Å². The number of hydrogen-bond donors (Lipinski definition) is 1. The summed E-state index contributed by atoms with van der Waals surface area (Å²) < 4.78 is 37.0. The number of aromatic nitrogens is 5. The van der Waals surface area contributed by atoms with Crippen molar-refractivity contribution >= 4 is 28.8 Å². The summed E-state index contributed by atoms with van der Waals surface area (Å²) >= 11 is 0. The first-order valence-corrected chi connectivity index (χ1v) is 17.5. The van der Waals surface area contributed by atoms with Crippen molar-refractivity contribution in [2.24, 2.45) is 7.05 Å². The molecule has 2 bridgehead atoms. The van der Waals surface area contributed by atoms with Gasteiger partial charge in [0.05, 0.1) is 35.1 Å². The molecule has 13 heteroatoms. The number of carbonyl (C=O) groups is 2. The number of fused-ring (bicyclic) bond motifs is 7. The van der Waals surface area contributed by atoms with Gasteiger partial charge in [0.1, 0.15) is 11.6 Å². The number of pyridine rings is 1. The molecule has 7 rings (SSSR count). The maximum atomic E-state index is 13.8. The van der Waals surface area contributed by atoms with E-state index in [0.29, 0.717) is 71.5 Å². The highest BCUT2D eigenvalue weighted by molar-refractivity contribution is 6.05. The zero-order valence-corrected chi connectivity index (χ0v) is 29.2. The Bertz CT molecular complexity index is 2060. The number of amides is 2. The van der Waals surface area contributed by atoms with Crippen LogP contribution in [0.4, 0.5) is 14.7 Å². The maximum Gasteiger partial charge on any atom is 0.258 e. The van der Waals surface area contributed by atoms with Crippen molar-refractivity contribution in [3.05, 3.63) is 88.7 Å². The molecule has 0 spiro atoms. The Morgan fingerprint density at radius 1 is 1.00 bits per heavy atom. The molecule has 3 aromatic heterocycles. The molecule has 0 saturated carbocycles. The molecule has 11 nitrogen and oxygen atoms in total. The van der Waals surface area contributed by atoms with Gasteiger partial charge in [-0.05, 0) is 93.5 Å². The second kappa shape index (κ2) is 14.6. The summed E-state index contributed by atoms with van der Waals surface area (Å²) in [6.45, 7) is 5.24. The van der Waals surface area contributed by atoms with E-state index < -0.39 is 11.6 Å². The Morgan fingerprint density at radius 2 is 1.78 bits per heavy atom. The molecule has 0 atom stereocenters. The van der Waals surface area contributed by atoms with Gasteiger partial charge in [0.2, 0.25) is 11.8 Å². The standard InChI is InChI=1S/C38H42F2N8O3/c1-24-17-27-20-33(42-24)31-23-41-46(3)37(31)51-16-6-4-5-12-48-34-21-26(7-8-32(34)43-38(48)44-35(27)49)36(50)45(2)30-10-14-47(15-11-30)13-9-25-18-28(39)22-29(40)19-25/h7-8,17-23,30H,4-6,9-16H2,1-3H3,(H,43,44,49). The number of nitrogens with zero attached hydrogens (tertiary/aromatic N) is 7. The zero-order chi connectivity index (χ0) is 35.6. The number of benzene rings is 2. The molecule has 0 radical (unpaired) electrons.